The Hall–Kier alpha value is -1.46. The van der Waals surface area contributed by atoms with Gasteiger partial charge < -0.3 is 5.32 Å². The number of nitrogens with zero attached hydrogens (tertiary/aromatic N) is 3. The second-order valence-electron chi connectivity index (χ2n) is 9.50. The van der Waals surface area contributed by atoms with E-state index in [1.807, 2.05) is 18.5 Å². The molecule has 1 aliphatic carbocycles. The molecule has 2 aliphatic heterocycles. The molecule has 0 spiro atoms. The van der Waals surface area contributed by atoms with Crippen LogP contribution in [-0.2, 0) is 11.3 Å². The summed E-state index contributed by atoms with van der Waals surface area (Å²) in [5.41, 5.74) is 1.41. The van der Waals surface area contributed by atoms with Crippen molar-refractivity contribution in [2.45, 2.75) is 70.5 Å². The van der Waals surface area contributed by atoms with Crippen LogP contribution in [0.25, 0.3) is 0 Å². The minimum Gasteiger partial charge on any atom is -0.350 e. The maximum atomic E-state index is 12.9. The fraction of sp³-hybridized carbons (Fsp3) is 0.739. The Labute approximate surface area is 169 Å². The molecule has 1 aromatic heterocycles. The van der Waals surface area contributed by atoms with Crippen molar-refractivity contribution in [2.24, 2.45) is 11.8 Å². The smallest absolute Gasteiger partial charge is 0.224 e. The Morgan fingerprint density at radius 3 is 2.68 bits per heavy atom. The van der Waals surface area contributed by atoms with Gasteiger partial charge in [0.15, 0.2) is 0 Å². The number of aromatic nitrogens is 1. The third-order valence-electron chi connectivity index (χ3n) is 7.29. The first-order valence-electron chi connectivity index (χ1n) is 11.2. The molecule has 0 aromatic carbocycles. The zero-order valence-corrected chi connectivity index (χ0v) is 17.6. The summed E-state index contributed by atoms with van der Waals surface area (Å²) >= 11 is 0. The highest BCUT2D eigenvalue weighted by molar-refractivity contribution is 5.80. The number of hydrogen-bond donors (Lipinski definition) is 1. The third kappa shape index (κ3) is 4.57. The predicted molar refractivity (Wildman–Crippen MR) is 112 cm³/mol. The van der Waals surface area contributed by atoms with E-state index in [-0.39, 0.29) is 11.5 Å². The lowest BCUT2D eigenvalue weighted by molar-refractivity contribution is -0.128. The van der Waals surface area contributed by atoms with Crippen molar-refractivity contribution in [3.63, 3.8) is 0 Å². The number of nitrogens with one attached hydrogen (secondary N) is 1. The first-order chi connectivity index (χ1) is 13.6. The van der Waals surface area contributed by atoms with Crippen molar-refractivity contribution >= 4 is 5.91 Å². The maximum Gasteiger partial charge on any atom is 0.224 e. The minimum absolute atomic E-state index is 0.108. The molecule has 1 atom stereocenters. The SMILES string of the molecule is CC(C)C1(NC(=O)C2CCCN(C3CCN(Cc4cccnc4)CC3)C2)CC1. The lowest BCUT2D eigenvalue weighted by atomic mass is 9.92. The number of piperidine rings is 2. The van der Waals surface area contributed by atoms with E-state index >= 15 is 0 Å². The number of likely N-dealkylation sites (tertiary alicyclic amines) is 2. The summed E-state index contributed by atoms with van der Waals surface area (Å²) in [6, 6.07) is 4.82. The van der Waals surface area contributed by atoms with Gasteiger partial charge in [0.05, 0.1) is 5.92 Å². The second kappa shape index (κ2) is 8.50. The summed E-state index contributed by atoms with van der Waals surface area (Å²) in [4.78, 5) is 22.3. The molecule has 1 saturated carbocycles. The van der Waals surface area contributed by atoms with Gasteiger partial charge >= 0.3 is 0 Å². The van der Waals surface area contributed by atoms with Gasteiger partial charge in [-0.1, -0.05) is 19.9 Å². The molecule has 28 heavy (non-hydrogen) atoms. The normalized spacial score (nSPS) is 26.3. The summed E-state index contributed by atoms with van der Waals surface area (Å²) in [5, 5.41) is 3.41. The lowest BCUT2D eigenvalue weighted by Gasteiger charge is -2.42. The van der Waals surface area contributed by atoms with E-state index in [0.29, 0.717) is 17.9 Å². The van der Waals surface area contributed by atoms with Gasteiger partial charge in [-0.2, -0.15) is 0 Å². The van der Waals surface area contributed by atoms with E-state index in [4.69, 9.17) is 0 Å². The highest BCUT2D eigenvalue weighted by Crippen LogP contribution is 2.42. The molecule has 3 heterocycles. The highest BCUT2D eigenvalue weighted by atomic mass is 16.2. The monoisotopic (exact) mass is 384 g/mol. The van der Waals surface area contributed by atoms with Crippen molar-refractivity contribution in [1.82, 2.24) is 20.1 Å². The number of pyridine rings is 1. The molecule has 1 aromatic rings. The standard InChI is InChI=1S/C23H36N4O/c1-18(2)23(9-10-23)25-22(28)20-6-4-12-27(17-20)21-7-13-26(14-8-21)16-19-5-3-11-24-15-19/h3,5,11,15,18,20-21H,4,6-10,12-14,16-17H2,1-2H3,(H,25,28). The fourth-order valence-electron chi connectivity index (χ4n) is 5.07. The van der Waals surface area contributed by atoms with Gasteiger partial charge in [0.2, 0.25) is 5.91 Å². The van der Waals surface area contributed by atoms with Crippen LogP contribution in [0.2, 0.25) is 0 Å². The molecular weight excluding hydrogens is 348 g/mol. The summed E-state index contributed by atoms with van der Waals surface area (Å²) in [6.45, 7) is 9.87. The van der Waals surface area contributed by atoms with Gasteiger partial charge in [0.1, 0.15) is 0 Å². The summed E-state index contributed by atoms with van der Waals surface area (Å²) in [6.07, 6.45) is 10.8. The lowest BCUT2D eigenvalue weighted by Crippen LogP contribution is -2.52. The predicted octanol–water partition coefficient (Wildman–Crippen LogP) is 3.06. The molecule has 1 unspecified atom stereocenters. The molecule has 0 radical (unpaired) electrons. The van der Waals surface area contributed by atoms with E-state index < -0.39 is 0 Å². The van der Waals surface area contributed by atoms with Crippen LogP contribution in [0.1, 0.15) is 57.9 Å². The molecule has 5 heteroatoms. The van der Waals surface area contributed by atoms with Gasteiger partial charge in [-0.05, 0) is 75.7 Å². The number of rotatable bonds is 6. The van der Waals surface area contributed by atoms with Crippen LogP contribution < -0.4 is 5.32 Å². The average molecular weight is 385 g/mol. The van der Waals surface area contributed by atoms with Crippen LogP contribution in [-0.4, -0.2) is 58.5 Å². The van der Waals surface area contributed by atoms with E-state index in [1.54, 1.807) is 0 Å². The maximum absolute atomic E-state index is 12.9. The second-order valence-corrected chi connectivity index (χ2v) is 9.50. The van der Waals surface area contributed by atoms with Gasteiger partial charge in [-0.15, -0.1) is 0 Å². The quantitative estimate of drug-likeness (QED) is 0.819. The van der Waals surface area contributed by atoms with Crippen LogP contribution in [0.5, 0.6) is 0 Å². The Balaban J connectivity index is 1.25. The molecular formula is C23H36N4O. The summed E-state index contributed by atoms with van der Waals surface area (Å²) < 4.78 is 0. The van der Waals surface area contributed by atoms with Crippen molar-refractivity contribution in [3.05, 3.63) is 30.1 Å². The molecule has 0 bridgehead atoms. The molecule has 1 amide bonds. The van der Waals surface area contributed by atoms with E-state index in [1.165, 1.54) is 18.4 Å². The molecule has 154 valence electrons. The van der Waals surface area contributed by atoms with Crippen LogP contribution in [0.3, 0.4) is 0 Å². The molecule has 4 rings (SSSR count). The van der Waals surface area contributed by atoms with Crippen LogP contribution in [0, 0.1) is 11.8 Å². The third-order valence-corrected chi connectivity index (χ3v) is 7.29. The van der Waals surface area contributed by atoms with Gasteiger partial charge in [-0.25, -0.2) is 0 Å². The Morgan fingerprint density at radius 1 is 1.25 bits per heavy atom. The van der Waals surface area contributed by atoms with Crippen molar-refractivity contribution in [3.8, 4) is 0 Å². The Bertz CT molecular complexity index is 650. The first-order valence-corrected chi connectivity index (χ1v) is 11.2. The zero-order valence-electron chi connectivity index (χ0n) is 17.6. The van der Waals surface area contributed by atoms with Gasteiger partial charge in [-0.3, -0.25) is 19.6 Å². The largest absolute Gasteiger partial charge is 0.350 e. The van der Waals surface area contributed by atoms with Crippen LogP contribution in [0.4, 0.5) is 0 Å². The number of hydrogen-bond acceptors (Lipinski definition) is 4. The average Bonchev–Trinajstić information content (AvgIpc) is 3.50. The van der Waals surface area contributed by atoms with Gasteiger partial charge in [0, 0.05) is 37.1 Å². The van der Waals surface area contributed by atoms with Crippen LogP contribution >= 0.6 is 0 Å². The Kier molecular flexibility index (Phi) is 6.02. The van der Waals surface area contributed by atoms with Crippen molar-refractivity contribution in [1.29, 1.82) is 0 Å². The van der Waals surface area contributed by atoms with E-state index in [9.17, 15) is 4.79 Å². The first kappa shape index (κ1) is 19.8. The van der Waals surface area contributed by atoms with Gasteiger partial charge in [0.25, 0.3) is 0 Å². The number of amides is 1. The number of carbonyl (C=O) groups is 1. The summed E-state index contributed by atoms with van der Waals surface area (Å²) in [5.74, 6) is 1.03. The topological polar surface area (TPSA) is 48.5 Å². The van der Waals surface area contributed by atoms with E-state index in [2.05, 4.69) is 40.0 Å². The molecule has 2 saturated heterocycles. The fourth-order valence-corrected chi connectivity index (χ4v) is 5.07. The molecule has 5 nitrogen and oxygen atoms in total. The zero-order chi connectivity index (χ0) is 19.6. The van der Waals surface area contributed by atoms with Crippen LogP contribution in [0.15, 0.2) is 24.5 Å². The molecule has 3 aliphatic rings. The Morgan fingerprint density at radius 2 is 2.04 bits per heavy atom. The summed E-state index contributed by atoms with van der Waals surface area (Å²) in [7, 11) is 0. The van der Waals surface area contributed by atoms with Crippen molar-refractivity contribution in [2.75, 3.05) is 26.2 Å². The minimum atomic E-state index is 0.108. The van der Waals surface area contributed by atoms with Crippen molar-refractivity contribution < 1.29 is 4.79 Å². The van der Waals surface area contributed by atoms with E-state index in [0.717, 1.165) is 58.4 Å². The molecule has 3 fully saturated rings. The number of carbonyl (C=O) groups excluding carboxylic acids is 1. The molecule has 1 N–H and O–H groups in total. The highest BCUT2D eigenvalue weighted by Gasteiger charge is 2.47.